The third kappa shape index (κ3) is 3.98. The number of carbonyl (C=O) groups is 1. The molecule has 1 aromatic rings. The Morgan fingerprint density at radius 2 is 1.72 bits per heavy atom. The lowest BCUT2D eigenvalue weighted by molar-refractivity contribution is -0.162. The van der Waals surface area contributed by atoms with Crippen LogP contribution in [-0.4, -0.2) is 17.7 Å². The first-order valence-corrected chi connectivity index (χ1v) is 5.54. The van der Waals surface area contributed by atoms with Gasteiger partial charge in [0.25, 0.3) is 0 Å². The molecule has 0 N–H and O–H groups in total. The first-order valence-electron chi connectivity index (χ1n) is 5.54. The van der Waals surface area contributed by atoms with Crippen molar-refractivity contribution in [1.29, 1.82) is 0 Å². The summed E-state index contributed by atoms with van der Waals surface area (Å²) < 4.78 is 36.6. The lowest BCUT2D eigenvalue weighted by Gasteiger charge is -2.22. The average Bonchev–Trinajstić information content (AvgIpc) is 2.21. The van der Waals surface area contributed by atoms with Gasteiger partial charge in [-0.15, -0.1) is 0 Å². The maximum Gasteiger partial charge on any atom is 0.347 e. The Morgan fingerprint density at radius 3 is 2.17 bits per heavy atom. The summed E-state index contributed by atoms with van der Waals surface area (Å²) in [5.74, 6) is -2.96. The van der Waals surface area contributed by atoms with E-state index >= 15 is 0 Å². The van der Waals surface area contributed by atoms with Crippen molar-refractivity contribution >= 4 is 5.97 Å². The van der Waals surface area contributed by atoms with Crippen LogP contribution >= 0.6 is 0 Å². The van der Waals surface area contributed by atoms with Crippen molar-refractivity contribution in [3.05, 3.63) is 29.8 Å². The zero-order chi connectivity index (χ0) is 13.9. The number of benzene rings is 1. The van der Waals surface area contributed by atoms with Crippen molar-refractivity contribution in [3.63, 3.8) is 0 Å². The number of hydrogen-bond donors (Lipinski definition) is 0. The van der Waals surface area contributed by atoms with Gasteiger partial charge in [0.1, 0.15) is 5.60 Å². The van der Waals surface area contributed by atoms with Crippen molar-refractivity contribution in [2.75, 3.05) is 0 Å². The normalized spacial score (nSPS) is 13.0. The minimum atomic E-state index is -1.09. The summed E-state index contributed by atoms with van der Waals surface area (Å²) in [5.41, 5.74) is -0.678. The van der Waals surface area contributed by atoms with Gasteiger partial charge in [0.05, 0.1) is 0 Å². The molecule has 0 radical (unpaired) electrons. The fraction of sp³-hybridized carbons (Fsp3) is 0.462. The van der Waals surface area contributed by atoms with Crippen LogP contribution in [0.2, 0.25) is 0 Å². The molecule has 1 rings (SSSR count). The van der Waals surface area contributed by atoms with E-state index < -0.39 is 35.1 Å². The van der Waals surface area contributed by atoms with Crippen LogP contribution in [0.25, 0.3) is 0 Å². The molecular weight excluding hydrogens is 242 g/mol. The maximum atomic E-state index is 13.3. The zero-order valence-corrected chi connectivity index (χ0v) is 10.8. The number of esters is 1. The standard InChI is InChI=1S/C13H16F2O3/c1-8(12(16)18-13(2,3)4)17-11-9(14)6-5-7-10(11)15/h5-8H,1-4H3. The molecule has 0 amide bonds. The molecule has 0 aliphatic carbocycles. The molecule has 100 valence electrons. The molecule has 5 heteroatoms. The Kier molecular flexibility index (Phi) is 4.27. The van der Waals surface area contributed by atoms with Gasteiger partial charge in [-0.3, -0.25) is 0 Å². The minimum Gasteiger partial charge on any atom is -0.473 e. The Bertz CT molecular complexity index is 418. The van der Waals surface area contributed by atoms with Crippen molar-refractivity contribution in [2.45, 2.75) is 39.4 Å². The molecule has 1 unspecified atom stereocenters. The zero-order valence-electron chi connectivity index (χ0n) is 10.8. The predicted molar refractivity (Wildman–Crippen MR) is 62.3 cm³/mol. The van der Waals surface area contributed by atoms with Crippen molar-refractivity contribution < 1.29 is 23.0 Å². The molecule has 18 heavy (non-hydrogen) atoms. The molecule has 0 saturated carbocycles. The molecule has 0 heterocycles. The molecule has 0 aromatic heterocycles. The second-order valence-corrected chi connectivity index (χ2v) is 4.84. The second-order valence-electron chi connectivity index (χ2n) is 4.84. The summed E-state index contributed by atoms with van der Waals surface area (Å²) in [7, 11) is 0. The van der Waals surface area contributed by atoms with Crippen LogP contribution in [-0.2, 0) is 9.53 Å². The molecule has 0 saturated heterocycles. The highest BCUT2D eigenvalue weighted by molar-refractivity contribution is 5.75. The van der Waals surface area contributed by atoms with E-state index in [2.05, 4.69) is 0 Å². The number of ether oxygens (including phenoxy) is 2. The number of rotatable bonds is 3. The molecular formula is C13H16F2O3. The van der Waals surface area contributed by atoms with Gasteiger partial charge in [0.15, 0.2) is 23.5 Å². The first-order chi connectivity index (χ1) is 8.20. The number of para-hydroxylation sites is 1. The highest BCUT2D eigenvalue weighted by Gasteiger charge is 2.24. The topological polar surface area (TPSA) is 35.5 Å². The van der Waals surface area contributed by atoms with Crippen molar-refractivity contribution in [2.24, 2.45) is 0 Å². The third-order valence-electron chi connectivity index (χ3n) is 1.95. The average molecular weight is 258 g/mol. The van der Waals surface area contributed by atoms with E-state index in [4.69, 9.17) is 9.47 Å². The Morgan fingerprint density at radius 1 is 1.22 bits per heavy atom. The fourth-order valence-electron chi connectivity index (χ4n) is 1.20. The molecule has 1 aromatic carbocycles. The van der Waals surface area contributed by atoms with E-state index in [1.54, 1.807) is 20.8 Å². The van der Waals surface area contributed by atoms with Gasteiger partial charge in [-0.2, -0.15) is 0 Å². The van der Waals surface area contributed by atoms with Gasteiger partial charge < -0.3 is 9.47 Å². The van der Waals surface area contributed by atoms with E-state index in [0.717, 1.165) is 12.1 Å². The van der Waals surface area contributed by atoms with Gasteiger partial charge in [0.2, 0.25) is 0 Å². The first kappa shape index (κ1) is 14.4. The number of hydrogen-bond acceptors (Lipinski definition) is 3. The molecule has 0 aliphatic heterocycles. The lowest BCUT2D eigenvalue weighted by Crippen LogP contribution is -2.33. The van der Waals surface area contributed by atoms with Crippen LogP contribution in [0.5, 0.6) is 5.75 Å². The smallest absolute Gasteiger partial charge is 0.347 e. The number of halogens is 2. The predicted octanol–water partition coefficient (Wildman–Crippen LogP) is 3.07. The quantitative estimate of drug-likeness (QED) is 0.781. The summed E-state index contributed by atoms with van der Waals surface area (Å²) in [5, 5.41) is 0. The van der Waals surface area contributed by atoms with Gasteiger partial charge in [-0.05, 0) is 39.8 Å². The Balaban J connectivity index is 2.76. The van der Waals surface area contributed by atoms with Crippen LogP contribution in [0, 0.1) is 11.6 Å². The molecule has 1 atom stereocenters. The van der Waals surface area contributed by atoms with Gasteiger partial charge in [-0.1, -0.05) is 6.07 Å². The van der Waals surface area contributed by atoms with E-state index in [9.17, 15) is 13.6 Å². The number of carbonyl (C=O) groups excluding carboxylic acids is 1. The van der Waals surface area contributed by atoms with E-state index in [0.29, 0.717) is 0 Å². The summed E-state index contributed by atoms with van der Waals surface area (Å²) in [4.78, 5) is 11.6. The van der Waals surface area contributed by atoms with E-state index in [1.807, 2.05) is 0 Å². The molecule has 0 aliphatic rings. The molecule has 0 fully saturated rings. The third-order valence-corrected chi connectivity index (χ3v) is 1.95. The van der Waals surface area contributed by atoms with Crippen LogP contribution in [0.1, 0.15) is 27.7 Å². The molecule has 0 spiro atoms. The maximum absolute atomic E-state index is 13.3. The van der Waals surface area contributed by atoms with Gasteiger partial charge in [-0.25, -0.2) is 13.6 Å². The SMILES string of the molecule is CC(Oc1c(F)cccc1F)C(=O)OC(C)(C)C. The molecule has 3 nitrogen and oxygen atoms in total. The van der Waals surface area contributed by atoms with Gasteiger partial charge >= 0.3 is 5.97 Å². The molecule has 0 bridgehead atoms. The summed E-state index contributed by atoms with van der Waals surface area (Å²) in [6, 6.07) is 3.33. The van der Waals surface area contributed by atoms with Crippen LogP contribution in [0.4, 0.5) is 8.78 Å². The van der Waals surface area contributed by atoms with Crippen LogP contribution < -0.4 is 4.74 Å². The monoisotopic (exact) mass is 258 g/mol. The van der Waals surface area contributed by atoms with Crippen molar-refractivity contribution in [3.8, 4) is 5.75 Å². The minimum absolute atomic E-state index is 0.573. The lowest BCUT2D eigenvalue weighted by atomic mass is 10.2. The van der Waals surface area contributed by atoms with Crippen molar-refractivity contribution in [1.82, 2.24) is 0 Å². The fourth-order valence-corrected chi connectivity index (χ4v) is 1.20. The Labute approximate surface area is 105 Å². The summed E-state index contributed by atoms with van der Waals surface area (Å²) in [6.07, 6.45) is -1.09. The second kappa shape index (κ2) is 5.33. The largest absolute Gasteiger partial charge is 0.473 e. The highest BCUT2D eigenvalue weighted by atomic mass is 19.1. The van der Waals surface area contributed by atoms with E-state index in [-0.39, 0.29) is 0 Å². The van der Waals surface area contributed by atoms with Crippen LogP contribution in [0.15, 0.2) is 18.2 Å². The summed E-state index contributed by atoms with van der Waals surface area (Å²) in [6.45, 7) is 6.46. The Hall–Kier alpha value is -1.65. The summed E-state index contributed by atoms with van der Waals surface area (Å²) >= 11 is 0. The highest BCUT2D eigenvalue weighted by Crippen LogP contribution is 2.22. The van der Waals surface area contributed by atoms with Crippen LogP contribution in [0.3, 0.4) is 0 Å². The van der Waals surface area contributed by atoms with Gasteiger partial charge in [0, 0.05) is 0 Å². The van der Waals surface area contributed by atoms with E-state index in [1.165, 1.54) is 13.0 Å².